The van der Waals surface area contributed by atoms with Gasteiger partial charge in [-0.1, -0.05) is 6.07 Å². The lowest BCUT2D eigenvalue weighted by molar-refractivity contribution is -0.0707. The van der Waals surface area contributed by atoms with Crippen LogP contribution in [-0.2, 0) is 11.3 Å². The first-order chi connectivity index (χ1) is 17.5. The second-order valence-corrected chi connectivity index (χ2v) is 9.31. The number of nitrogens with one attached hydrogen (secondary N) is 3. The molecule has 0 saturated carbocycles. The summed E-state index contributed by atoms with van der Waals surface area (Å²) < 4.78 is 5.83. The maximum absolute atomic E-state index is 13.3. The van der Waals surface area contributed by atoms with Crippen LogP contribution in [0.3, 0.4) is 0 Å². The molecule has 0 unspecified atom stereocenters. The number of aromatic amines is 2. The predicted molar refractivity (Wildman–Crippen MR) is 136 cm³/mol. The minimum atomic E-state index is -0.274. The van der Waals surface area contributed by atoms with E-state index in [0.29, 0.717) is 17.9 Å². The fraction of sp³-hybridized carbons (Fsp3) is 0.269. The summed E-state index contributed by atoms with van der Waals surface area (Å²) in [4.78, 5) is 24.7. The molecule has 6 rings (SSSR count). The summed E-state index contributed by atoms with van der Waals surface area (Å²) >= 11 is 0. The molecule has 2 atom stereocenters. The Kier molecular flexibility index (Phi) is 5.67. The molecule has 182 valence electrons. The highest BCUT2D eigenvalue weighted by Gasteiger charge is 2.23. The van der Waals surface area contributed by atoms with E-state index in [2.05, 4.69) is 54.4 Å². The molecule has 10 heteroatoms. The van der Waals surface area contributed by atoms with E-state index < -0.39 is 0 Å². The number of amides is 1. The van der Waals surface area contributed by atoms with Gasteiger partial charge in [0.1, 0.15) is 5.69 Å². The average Bonchev–Trinajstić information content (AvgIpc) is 3.52. The van der Waals surface area contributed by atoms with Crippen LogP contribution in [0.2, 0.25) is 0 Å². The van der Waals surface area contributed by atoms with Crippen LogP contribution >= 0.6 is 0 Å². The second-order valence-electron chi connectivity index (χ2n) is 9.31. The summed E-state index contributed by atoms with van der Waals surface area (Å²) in [6.07, 6.45) is 5.57. The molecule has 3 N–H and O–H groups in total. The third-order valence-electron chi connectivity index (χ3n) is 6.35. The molecular formula is C26H26N8O2. The fourth-order valence-corrected chi connectivity index (χ4v) is 4.84. The summed E-state index contributed by atoms with van der Waals surface area (Å²) in [6, 6.07) is 11.5. The SMILES string of the molecule is C[C@@H]1CN(Cc2cccc(C(=O)Nc3cc(-c4cnc5[nH]ncc5c4)cc4[nH]ncc34)n2)C[C@H](C)O1. The molecule has 36 heavy (non-hydrogen) atoms. The van der Waals surface area contributed by atoms with Gasteiger partial charge in [0.15, 0.2) is 5.65 Å². The lowest BCUT2D eigenvalue weighted by Gasteiger charge is -2.35. The van der Waals surface area contributed by atoms with Crippen LogP contribution in [0.5, 0.6) is 0 Å². The van der Waals surface area contributed by atoms with Crippen LogP contribution in [0.4, 0.5) is 5.69 Å². The fourth-order valence-electron chi connectivity index (χ4n) is 4.84. The minimum absolute atomic E-state index is 0.175. The highest BCUT2D eigenvalue weighted by Crippen LogP contribution is 2.31. The summed E-state index contributed by atoms with van der Waals surface area (Å²) in [7, 11) is 0. The highest BCUT2D eigenvalue weighted by molar-refractivity contribution is 6.08. The second kappa shape index (κ2) is 9.14. The Balaban J connectivity index is 1.26. The van der Waals surface area contributed by atoms with Gasteiger partial charge in [-0.25, -0.2) is 9.97 Å². The Hall–Kier alpha value is -4.15. The number of anilines is 1. The van der Waals surface area contributed by atoms with E-state index in [1.54, 1.807) is 24.7 Å². The van der Waals surface area contributed by atoms with Crippen molar-refractivity contribution in [3.05, 3.63) is 66.4 Å². The number of aromatic nitrogens is 6. The Labute approximate surface area is 207 Å². The van der Waals surface area contributed by atoms with Gasteiger partial charge in [-0.2, -0.15) is 10.2 Å². The van der Waals surface area contributed by atoms with E-state index in [-0.39, 0.29) is 18.1 Å². The monoisotopic (exact) mass is 482 g/mol. The molecule has 5 aromatic rings. The van der Waals surface area contributed by atoms with E-state index in [4.69, 9.17) is 4.74 Å². The van der Waals surface area contributed by atoms with Crippen LogP contribution in [0.25, 0.3) is 33.1 Å². The number of ether oxygens (including phenoxy) is 1. The topological polar surface area (TPSA) is 125 Å². The Morgan fingerprint density at radius 2 is 1.89 bits per heavy atom. The van der Waals surface area contributed by atoms with Gasteiger partial charge in [0, 0.05) is 42.2 Å². The van der Waals surface area contributed by atoms with Gasteiger partial charge < -0.3 is 10.1 Å². The van der Waals surface area contributed by atoms with Gasteiger partial charge in [0.25, 0.3) is 5.91 Å². The molecule has 4 aromatic heterocycles. The standard InChI is InChI=1S/C26H26N8O2/c1-15-12-34(13-16(2)36-15)14-20-4-3-5-22(30-20)26(35)31-23-7-17(8-24-21(23)11-29-32-24)18-6-19-10-28-33-25(19)27-9-18/h3-11,15-16H,12-14H2,1-2H3,(H,29,32)(H,31,35)(H,27,28,33)/t15-,16+. The number of carbonyl (C=O) groups excluding carboxylic acids is 1. The van der Waals surface area contributed by atoms with Gasteiger partial charge in [-0.3, -0.25) is 19.9 Å². The first-order valence-electron chi connectivity index (χ1n) is 11.9. The summed E-state index contributed by atoms with van der Waals surface area (Å²) in [5.74, 6) is -0.274. The van der Waals surface area contributed by atoms with Crippen LogP contribution in [-0.4, -0.2) is 66.5 Å². The number of carbonyl (C=O) groups is 1. The van der Waals surface area contributed by atoms with E-state index in [9.17, 15) is 4.79 Å². The molecule has 1 aromatic carbocycles. The maximum Gasteiger partial charge on any atom is 0.274 e. The molecule has 0 aliphatic carbocycles. The van der Waals surface area contributed by atoms with Gasteiger partial charge in [-0.05, 0) is 49.7 Å². The largest absolute Gasteiger partial charge is 0.373 e. The lowest BCUT2D eigenvalue weighted by Crippen LogP contribution is -2.45. The zero-order chi connectivity index (χ0) is 24.6. The molecular weight excluding hydrogens is 456 g/mol. The van der Waals surface area contributed by atoms with Crippen LogP contribution in [0, 0.1) is 0 Å². The number of H-pyrrole nitrogens is 2. The Bertz CT molecular complexity index is 1550. The molecule has 1 fully saturated rings. The van der Waals surface area contributed by atoms with Crippen LogP contribution in [0.1, 0.15) is 30.0 Å². The molecule has 1 amide bonds. The number of nitrogens with zero attached hydrogens (tertiary/aromatic N) is 5. The molecule has 1 aliphatic rings. The van der Waals surface area contributed by atoms with Crippen molar-refractivity contribution in [2.45, 2.75) is 32.6 Å². The number of hydrogen-bond acceptors (Lipinski definition) is 7. The normalized spacial score (nSPS) is 18.6. The van der Waals surface area contributed by atoms with Crippen molar-refractivity contribution in [2.24, 2.45) is 0 Å². The number of rotatable bonds is 5. The first-order valence-corrected chi connectivity index (χ1v) is 11.9. The molecule has 1 saturated heterocycles. The molecule has 5 heterocycles. The molecule has 0 bridgehead atoms. The third kappa shape index (κ3) is 4.43. The van der Waals surface area contributed by atoms with Crippen molar-refractivity contribution < 1.29 is 9.53 Å². The molecule has 0 spiro atoms. The van der Waals surface area contributed by atoms with Crippen molar-refractivity contribution in [3.63, 3.8) is 0 Å². The zero-order valence-electron chi connectivity index (χ0n) is 20.0. The highest BCUT2D eigenvalue weighted by atomic mass is 16.5. The van der Waals surface area contributed by atoms with Gasteiger partial charge in [0.05, 0.1) is 41.5 Å². The molecule has 0 radical (unpaired) electrons. The van der Waals surface area contributed by atoms with Crippen molar-refractivity contribution in [3.8, 4) is 11.1 Å². The van der Waals surface area contributed by atoms with Crippen molar-refractivity contribution in [2.75, 3.05) is 18.4 Å². The molecule has 10 nitrogen and oxygen atoms in total. The van der Waals surface area contributed by atoms with Crippen LogP contribution in [0.15, 0.2) is 55.0 Å². The Morgan fingerprint density at radius 1 is 1.06 bits per heavy atom. The number of benzene rings is 1. The number of hydrogen-bond donors (Lipinski definition) is 3. The maximum atomic E-state index is 13.3. The number of morpholine rings is 1. The van der Waals surface area contributed by atoms with Crippen molar-refractivity contribution >= 4 is 33.5 Å². The quantitative estimate of drug-likeness (QED) is 0.348. The summed E-state index contributed by atoms with van der Waals surface area (Å²) in [5.41, 5.74) is 5.21. The van der Waals surface area contributed by atoms with Crippen LogP contribution < -0.4 is 5.32 Å². The van der Waals surface area contributed by atoms with E-state index in [0.717, 1.165) is 51.8 Å². The average molecular weight is 483 g/mol. The third-order valence-corrected chi connectivity index (χ3v) is 6.35. The first kappa shape index (κ1) is 22.3. The van der Waals surface area contributed by atoms with E-state index in [1.807, 2.05) is 30.3 Å². The number of fused-ring (bicyclic) bond motifs is 2. The predicted octanol–water partition coefficient (Wildman–Crippen LogP) is 3.76. The van der Waals surface area contributed by atoms with Gasteiger partial charge in [0.2, 0.25) is 0 Å². The van der Waals surface area contributed by atoms with Crippen molar-refractivity contribution in [1.29, 1.82) is 0 Å². The van der Waals surface area contributed by atoms with Gasteiger partial charge >= 0.3 is 0 Å². The summed E-state index contributed by atoms with van der Waals surface area (Å²) in [6.45, 7) is 6.51. The van der Waals surface area contributed by atoms with Gasteiger partial charge in [-0.15, -0.1) is 0 Å². The number of pyridine rings is 2. The smallest absolute Gasteiger partial charge is 0.274 e. The van der Waals surface area contributed by atoms with E-state index >= 15 is 0 Å². The van der Waals surface area contributed by atoms with Crippen molar-refractivity contribution in [1.82, 2.24) is 35.3 Å². The zero-order valence-corrected chi connectivity index (χ0v) is 20.0. The Morgan fingerprint density at radius 3 is 2.75 bits per heavy atom. The minimum Gasteiger partial charge on any atom is -0.373 e. The lowest BCUT2D eigenvalue weighted by atomic mass is 10.0. The van der Waals surface area contributed by atoms with E-state index in [1.165, 1.54) is 0 Å². The summed E-state index contributed by atoms with van der Waals surface area (Å²) in [5, 5.41) is 18.9. The molecule has 1 aliphatic heterocycles.